The van der Waals surface area contributed by atoms with Crippen molar-refractivity contribution in [2.45, 2.75) is 32.8 Å². The number of carbonyl (C=O) groups is 1. The number of ether oxygens (including phenoxy) is 1. The maximum Gasteiger partial charge on any atom is 0.313 e. The first-order chi connectivity index (χ1) is 7.91. The first-order valence-corrected chi connectivity index (χ1v) is 5.72. The minimum Gasteiger partial charge on any atom is -0.469 e. The van der Waals surface area contributed by atoms with Gasteiger partial charge in [-0.1, -0.05) is 37.3 Å². The van der Waals surface area contributed by atoms with Crippen LogP contribution in [0, 0.1) is 5.41 Å². The van der Waals surface area contributed by atoms with Gasteiger partial charge in [0.2, 0.25) is 0 Å². The molecule has 0 amide bonds. The lowest BCUT2D eigenvalue weighted by Gasteiger charge is -2.32. The average Bonchev–Trinajstić information content (AvgIpc) is 2.36. The molecule has 0 saturated heterocycles. The fourth-order valence-electron chi connectivity index (χ4n) is 1.95. The quantitative estimate of drug-likeness (QED) is 0.816. The Hall–Kier alpha value is -1.35. The molecule has 1 unspecified atom stereocenters. The SMILES string of the molecule is COC(=O)C(C)(C)[C@@H](O)C(C)c1ccccc1. The van der Waals surface area contributed by atoms with Crippen LogP contribution in [0.25, 0.3) is 0 Å². The van der Waals surface area contributed by atoms with Crippen molar-refractivity contribution in [2.24, 2.45) is 5.41 Å². The van der Waals surface area contributed by atoms with Crippen LogP contribution in [0.2, 0.25) is 0 Å². The largest absolute Gasteiger partial charge is 0.469 e. The molecule has 0 fully saturated rings. The van der Waals surface area contributed by atoms with Gasteiger partial charge in [0.15, 0.2) is 0 Å². The molecule has 1 rings (SSSR count). The third-order valence-corrected chi connectivity index (χ3v) is 3.25. The summed E-state index contributed by atoms with van der Waals surface area (Å²) in [5, 5.41) is 10.3. The van der Waals surface area contributed by atoms with Crippen LogP contribution in [-0.2, 0) is 9.53 Å². The molecule has 2 atom stereocenters. The molecule has 0 heterocycles. The third kappa shape index (κ3) is 2.86. The summed E-state index contributed by atoms with van der Waals surface area (Å²) in [6, 6.07) is 9.66. The van der Waals surface area contributed by atoms with Gasteiger partial charge in [0.05, 0.1) is 18.6 Å². The normalized spacial score (nSPS) is 15.1. The summed E-state index contributed by atoms with van der Waals surface area (Å²) >= 11 is 0. The molecule has 0 spiro atoms. The number of carbonyl (C=O) groups excluding carboxylic acids is 1. The summed E-state index contributed by atoms with van der Waals surface area (Å²) in [5.41, 5.74) is 0.0984. The molecule has 0 radical (unpaired) electrons. The fourth-order valence-corrected chi connectivity index (χ4v) is 1.95. The average molecular weight is 236 g/mol. The molecule has 17 heavy (non-hydrogen) atoms. The second-order valence-electron chi connectivity index (χ2n) is 4.86. The first-order valence-electron chi connectivity index (χ1n) is 5.72. The van der Waals surface area contributed by atoms with Crippen LogP contribution in [0.5, 0.6) is 0 Å². The van der Waals surface area contributed by atoms with Gasteiger partial charge in [0.1, 0.15) is 0 Å². The summed E-state index contributed by atoms with van der Waals surface area (Å²) in [6.07, 6.45) is -0.780. The molecule has 3 nitrogen and oxygen atoms in total. The first kappa shape index (κ1) is 13.7. The molecule has 0 aliphatic heterocycles. The van der Waals surface area contributed by atoms with Crippen LogP contribution in [0.1, 0.15) is 32.3 Å². The van der Waals surface area contributed by atoms with Crippen LogP contribution >= 0.6 is 0 Å². The van der Waals surface area contributed by atoms with Crippen LogP contribution in [0.3, 0.4) is 0 Å². The minimum absolute atomic E-state index is 0.120. The Balaban J connectivity index is 2.90. The molecule has 3 heteroatoms. The predicted molar refractivity (Wildman–Crippen MR) is 66.7 cm³/mol. The highest BCUT2D eigenvalue weighted by atomic mass is 16.5. The summed E-state index contributed by atoms with van der Waals surface area (Å²) in [4.78, 5) is 11.6. The van der Waals surface area contributed by atoms with Crippen molar-refractivity contribution in [2.75, 3.05) is 7.11 Å². The van der Waals surface area contributed by atoms with Gasteiger partial charge in [-0.2, -0.15) is 0 Å². The zero-order valence-electron chi connectivity index (χ0n) is 10.8. The smallest absolute Gasteiger partial charge is 0.313 e. The Morgan fingerprint density at radius 3 is 2.29 bits per heavy atom. The molecule has 94 valence electrons. The predicted octanol–water partition coefficient (Wildman–Crippen LogP) is 2.35. The van der Waals surface area contributed by atoms with E-state index in [9.17, 15) is 9.90 Å². The molecule has 1 aromatic rings. The van der Waals surface area contributed by atoms with E-state index in [1.165, 1.54) is 7.11 Å². The maximum atomic E-state index is 11.6. The summed E-state index contributed by atoms with van der Waals surface area (Å²) < 4.78 is 4.72. The standard InChI is InChI=1S/C14H20O3/c1-10(11-8-6-5-7-9-11)12(15)14(2,3)13(16)17-4/h5-10,12,15H,1-4H3/t10?,12-/m0/s1. The second-order valence-corrected chi connectivity index (χ2v) is 4.86. The second kappa shape index (κ2) is 5.32. The van der Waals surface area contributed by atoms with Crippen molar-refractivity contribution in [3.05, 3.63) is 35.9 Å². The molecular formula is C14H20O3. The van der Waals surface area contributed by atoms with E-state index in [4.69, 9.17) is 4.74 Å². The van der Waals surface area contributed by atoms with E-state index in [0.717, 1.165) is 5.56 Å². The number of aliphatic hydroxyl groups is 1. The lowest BCUT2D eigenvalue weighted by molar-refractivity contribution is -0.158. The number of rotatable bonds is 4. The highest BCUT2D eigenvalue weighted by Crippen LogP contribution is 2.32. The fraction of sp³-hybridized carbons (Fsp3) is 0.500. The van der Waals surface area contributed by atoms with Gasteiger partial charge in [-0.25, -0.2) is 0 Å². The zero-order chi connectivity index (χ0) is 13.1. The van der Waals surface area contributed by atoms with Gasteiger partial charge in [-0.05, 0) is 19.4 Å². The van der Waals surface area contributed by atoms with Crippen molar-refractivity contribution in [3.63, 3.8) is 0 Å². The van der Waals surface area contributed by atoms with Crippen molar-refractivity contribution in [1.29, 1.82) is 0 Å². The van der Waals surface area contributed by atoms with Crippen LogP contribution in [0.4, 0.5) is 0 Å². The van der Waals surface area contributed by atoms with Crippen molar-refractivity contribution in [3.8, 4) is 0 Å². The third-order valence-electron chi connectivity index (χ3n) is 3.25. The van der Waals surface area contributed by atoms with Crippen LogP contribution < -0.4 is 0 Å². The van der Waals surface area contributed by atoms with Crippen molar-refractivity contribution in [1.82, 2.24) is 0 Å². The number of benzene rings is 1. The maximum absolute atomic E-state index is 11.6. The molecule has 1 aromatic carbocycles. The van der Waals surface area contributed by atoms with E-state index in [1.807, 2.05) is 37.3 Å². The number of esters is 1. The Kier molecular flexibility index (Phi) is 4.29. The Labute approximate surface area is 102 Å². The van der Waals surface area contributed by atoms with E-state index in [2.05, 4.69) is 0 Å². The Bertz CT molecular complexity index is 370. The van der Waals surface area contributed by atoms with Crippen LogP contribution in [-0.4, -0.2) is 24.3 Å². The van der Waals surface area contributed by atoms with Gasteiger partial charge < -0.3 is 9.84 Å². The molecule has 1 N–H and O–H groups in total. The highest BCUT2D eigenvalue weighted by Gasteiger charge is 2.40. The summed E-state index contributed by atoms with van der Waals surface area (Å²) in [5.74, 6) is -0.516. The number of methoxy groups -OCH3 is 1. The van der Waals surface area contributed by atoms with Gasteiger partial charge in [-0.3, -0.25) is 4.79 Å². The summed E-state index contributed by atoms with van der Waals surface area (Å²) in [7, 11) is 1.34. The van der Waals surface area contributed by atoms with E-state index in [1.54, 1.807) is 13.8 Å². The molecule has 0 aromatic heterocycles. The van der Waals surface area contributed by atoms with Crippen molar-refractivity contribution >= 4 is 5.97 Å². The molecule has 0 bridgehead atoms. The van der Waals surface area contributed by atoms with E-state index >= 15 is 0 Å². The number of hydrogen-bond acceptors (Lipinski definition) is 3. The molecule has 0 aliphatic rings. The lowest BCUT2D eigenvalue weighted by atomic mass is 9.77. The minimum atomic E-state index is -0.913. The van der Waals surface area contributed by atoms with Crippen LogP contribution in [0.15, 0.2) is 30.3 Å². The Morgan fingerprint density at radius 2 is 1.82 bits per heavy atom. The molecule has 0 aliphatic carbocycles. The number of aliphatic hydroxyl groups excluding tert-OH is 1. The number of hydrogen-bond donors (Lipinski definition) is 1. The van der Waals surface area contributed by atoms with E-state index in [0.29, 0.717) is 0 Å². The van der Waals surface area contributed by atoms with Crippen molar-refractivity contribution < 1.29 is 14.6 Å². The van der Waals surface area contributed by atoms with Gasteiger partial charge in [0.25, 0.3) is 0 Å². The topological polar surface area (TPSA) is 46.5 Å². The zero-order valence-corrected chi connectivity index (χ0v) is 10.8. The monoisotopic (exact) mass is 236 g/mol. The van der Waals surface area contributed by atoms with Gasteiger partial charge in [0, 0.05) is 5.92 Å². The molecular weight excluding hydrogens is 216 g/mol. The van der Waals surface area contributed by atoms with Gasteiger partial charge in [-0.15, -0.1) is 0 Å². The van der Waals surface area contributed by atoms with Gasteiger partial charge >= 0.3 is 5.97 Å². The lowest BCUT2D eigenvalue weighted by Crippen LogP contribution is -2.41. The van der Waals surface area contributed by atoms with E-state index < -0.39 is 17.5 Å². The highest BCUT2D eigenvalue weighted by molar-refractivity contribution is 5.76. The Morgan fingerprint density at radius 1 is 1.29 bits per heavy atom. The summed E-state index contributed by atoms with van der Waals surface area (Å²) in [6.45, 7) is 5.30. The molecule has 0 saturated carbocycles. The van der Waals surface area contributed by atoms with E-state index in [-0.39, 0.29) is 5.92 Å².